The van der Waals surface area contributed by atoms with E-state index in [0.29, 0.717) is 11.7 Å². The summed E-state index contributed by atoms with van der Waals surface area (Å²) in [6.45, 7) is 6.17. The number of rotatable bonds is 7. The van der Waals surface area contributed by atoms with E-state index in [-0.39, 0.29) is 23.1 Å². The van der Waals surface area contributed by atoms with Crippen LogP contribution in [0.4, 0.5) is 0 Å². The van der Waals surface area contributed by atoms with E-state index in [1.165, 1.54) is 26.6 Å². The van der Waals surface area contributed by atoms with Crippen molar-refractivity contribution in [3.63, 3.8) is 0 Å². The van der Waals surface area contributed by atoms with E-state index in [9.17, 15) is 9.90 Å². The molecular formula is C19H22N2O5. The van der Waals surface area contributed by atoms with Crippen molar-refractivity contribution < 1.29 is 24.1 Å². The summed E-state index contributed by atoms with van der Waals surface area (Å²) in [4.78, 5) is 19.4. The molecule has 0 atom stereocenters. The zero-order valence-electron chi connectivity index (χ0n) is 15.4. The molecule has 1 aromatic carbocycles. The highest BCUT2D eigenvalue weighted by Crippen LogP contribution is 2.32. The number of nitrogens with zero attached hydrogens (tertiary/aromatic N) is 2. The van der Waals surface area contributed by atoms with Crippen LogP contribution in [0.5, 0.6) is 17.5 Å². The molecular weight excluding hydrogens is 336 g/mol. The molecule has 1 heterocycles. The lowest BCUT2D eigenvalue weighted by atomic mass is 10.0. The molecule has 7 nitrogen and oxygen atoms in total. The Labute approximate surface area is 152 Å². The average molecular weight is 358 g/mol. The fourth-order valence-corrected chi connectivity index (χ4v) is 2.35. The quantitative estimate of drug-likeness (QED) is 0.595. The summed E-state index contributed by atoms with van der Waals surface area (Å²) < 4.78 is 16.0. The number of aryl methyl sites for hydroxylation is 1. The monoisotopic (exact) mass is 358 g/mol. The molecule has 1 N–H and O–H groups in total. The molecule has 0 saturated heterocycles. The molecule has 138 valence electrons. The number of carbonyl (C=O) groups is 1. The van der Waals surface area contributed by atoms with Crippen molar-refractivity contribution in [2.75, 3.05) is 14.2 Å². The summed E-state index contributed by atoms with van der Waals surface area (Å²) in [6.07, 6.45) is 2.56. The molecule has 0 spiro atoms. The molecule has 0 unspecified atom stereocenters. The minimum absolute atomic E-state index is 0.174. The van der Waals surface area contributed by atoms with Crippen LogP contribution < -0.4 is 9.47 Å². The van der Waals surface area contributed by atoms with Crippen LogP contribution in [0.1, 0.15) is 36.5 Å². The van der Waals surface area contributed by atoms with Crippen molar-refractivity contribution in [1.82, 2.24) is 9.97 Å². The van der Waals surface area contributed by atoms with E-state index in [0.717, 1.165) is 11.1 Å². The number of aromatic nitrogens is 2. The Balaban J connectivity index is 2.52. The van der Waals surface area contributed by atoms with Crippen LogP contribution in [0.15, 0.2) is 30.3 Å². The highest BCUT2D eigenvalue weighted by molar-refractivity contribution is 5.90. The van der Waals surface area contributed by atoms with Crippen molar-refractivity contribution in [2.24, 2.45) is 0 Å². The van der Waals surface area contributed by atoms with Crippen LogP contribution in [-0.2, 0) is 9.53 Å². The van der Waals surface area contributed by atoms with E-state index in [4.69, 9.17) is 14.2 Å². The van der Waals surface area contributed by atoms with Gasteiger partial charge in [0.1, 0.15) is 17.6 Å². The zero-order valence-corrected chi connectivity index (χ0v) is 15.4. The number of methoxy groups -OCH3 is 2. The average Bonchev–Trinajstić information content (AvgIpc) is 2.59. The molecule has 0 aliphatic heterocycles. The van der Waals surface area contributed by atoms with Gasteiger partial charge in [-0.3, -0.25) is 0 Å². The molecule has 7 heteroatoms. The van der Waals surface area contributed by atoms with Gasteiger partial charge in [-0.1, -0.05) is 19.9 Å². The highest BCUT2D eigenvalue weighted by atomic mass is 16.5. The van der Waals surface area contributed by atoms with Crippen LogP contribution in [0.3, 0.4) is 0 Å². The van der Waals surface area contributed by atoms with Gasteiger partial charge < -0.3 is 19.3 Å². The SMILES string of the molecule is COC(=Cc1c(OC)ncnc1Oc1cc(C)cc(C(C)C)c1)C(=O)O. The largest absolute Gasteiger partial charge is 0.490 e. The number of ether oxygens (including phenoxy) is 3. The highest BCUT2D eigenvalue weighted by Gasteiger charge is 2.17. The summed E-state index contributed by atoms with van der Waals surface area (Å²) in [5.41, 5.74) is 2.45. The van der Waals surface area contributed by atoms with Gasteiger partial charge >= 0.3 is 5.97 Å². The summed E-state index contributed by atoms with van der Waals surface area (Å²) >= 11 is 0. The number of aliphatic carboxylic acids is 1. The molecule has 0 fully saturated rings. The van der Waals surface area contributed by atoms with Crippen molar-refractivity contribution in [3.8, 4) is 17.5 Å². The lowest BCUT2D eigenvalue weighted by molar-refractivity contribution is -0.135. The summed E-state index contributed by atoms with van der Waals surface area (Å²) in [5.74, 6) is -0.213. The first-order chi connectivity index (χ1) is 12.3. The van der Waals surface area contributed by atoms with Crippen molar-refractivity contribution in [2.45, 2.75) is 26.7 Å². The summed E-state index contributed by atoms with van der Waals surface area (Å²) in [5, 5.41) is 9.20. The molecule has 2 rings (SSSR count). The molecule has 0 aliphatic rings. The number of hydrogen-bond acceptors (Lipinski definition) is 6. The van der Waals surface area contributed by atoms with Crippen molar-refractivity contribution in [1.29, 1.82) is 0 Å². The Morgan fingerprint density at radius 2 is 1.85 bits per heavy atom. The summed E-state index contributed by atoms with van der Waals surface area (Å²) in [6, 6.07) is 5.89. The number of carboxylic acids is 1. The third-order valence-electron chi connectivity index (χ3n) is 3.66. The lowest BCUT2D eigenvalue weighted by Crippen LogP contribution is -2.04. The second-order valence-corrected chi connectivity index (χ2v) is 5.96. The van der Waals surface area contributed by atoms with Crippen LogP contribution in [0, 0.1) is 6.92 Å². The van der Waals surface area contributed by atoms with E-state index < -0.39 is 5.97 Å². The van der Waals surface area contributed by atoms with Gasteiger partial charge in [-0.2, -0.15) is 0 Å². The second kappa shape index (κ2) is 8.33. The number of benzene rings is 1. The maximum Gasteiger partial charge on any atom is 0.371 e. The van der Waals surface area contributed by atoms with Crippen LogP contribution in [0.2, 0.25) is 0 Å². The van der Waals surface area contributed by atoms with Gasteiger partial charge in [-0.25, -0.2) is 14.8 Å². The minimum atomic E-state index is -1.22. The molecule has 0 aliphatic carbocycles. The van der Waals surface area contributed by atoms with Crippen molar-refractivity contribution >= 4 is 12.0 Å². The van der Waals surface area contributed by atoms with E-state index in [2.05, 4.69) is 29.9 Å². The fourth-order valence-electron chi connectivity index (χ4n) is 2.35. The minimum Gasteiger partial charge on any atom is -0.490 e. The van der Waals surface area contributed by atoms with Gasteiger partial charge in [0.25, 0.3) is 0 Å². The predicted octanol–water partition coefficient (Wildman–Crippen LogP) is 3.78. The molecule has 0 radical (unpaired) electrons. The first-order valence-corrected chi connectivity index (χ1v) is 8.03. The van der Waals surface area contributed by atoms with E-state index in [1.807, 2.05) is 19.1 Å². The van der Waals surface area contributed by atoms with E-state index >= 15 is 0 Å². The first kappa shape index (κ1) is 19.2. The lowest BCUT2D eigenvalue weighted by Gasteiger charge is -2.13. The standard InChI is InChI=1S/C19H22N2O5/c1-11(2)13-6-12(3)7-14(8-13)26-18-15(9-16(24-4)19(22)23)17(25-5)20-10-21-18/h6-11H,1-5H3,(H,22,23). The number of hydrogen-bond donors (Lipinski definition) is 1. The van der Waals surface area contributed by atoms with Gasteiger partial charge in [-0.15, -0.1) is 0 Å². The normalized spacial score (nSPS) is 11.4. The molecule has 0 saturated carbocycles. The zero-order chi connectivity index (χ0) is 19.3. The molecule has 2 aromatic rings. The first-order valence-electron chi connectivity index (χ1n) is 8.03. The molecule has 1 aromatic heterocycles. The third kappa shape index (κ3) is 4.50. The second-order valence-electron chi connectivity index (χ2n) is 5.96. The van der Waals surface area contributed by atoms with Crippen LogP contribution in [-0.4, -0.2) is 35.3 Å². The maximum atomic E-state index is 11.3. The Hall–Kier alpha value is -3.09. The van der Waals surface area contributed by atoms with Gasteiger partial charge in [0.05, 0.1) is 14.2 Å². The molecule has 26 heavy (non-hydrogen) atoms. The Morgan fingerprint density at radius 3 is 2.42 bits per heavy atom. The Morgan fingerprint density at radius 1 is 1.15 bits per heavy atom. The van der Waals surface area contributed by atoms with Gasteiger partial charge in [-0.05, 0) is 36.1 Å². The molecule has 0 amide bonds. The van der Waals surface area contributed by atoms with E-state index in [1.54, 1.807) is 0 Å². The maximum absolute atomic E-state index is 11.3. The smallest absolute Gasteiger partial charge is 0.371 e. The predicted molar refractivity (Wildman–Crippen MR) is 96.5 cm³/mol. The molecule has 0 bridgehead atoms. The van der Waals surface area contributed by atoms with Crippen molar-refractivity contribution in [3.05, 3.63) is 47.0 Å². The fraction of sp³-hybridized carbons (Fsp3) is 0.316. The topological polar surface area (TPSA) is 90.8 Å². The van der Waals surface area contributed by atoms with Gasteiger partial charge in [0.2, 0.25) is 17.5 Å². The number of carboxylic acid groups (broad SMARTS) is 1. The van der Waals surface area contributed by atoms with Gasteiger partial charge in [0.15, 0.2) is 0 Å². The third-order valence-corrected chi connectivity index (χ3v) is 3.66. The Kier molecular flexibility index (Phi) is 6.16. The van der Waals surface area contributed by atoms with Crippen LogP contribution >= 0.6 is 0 Å². The van der Waals surface area contributed by atoms with Crippen LogP contribution in [0.25, 0.3) is 6.08 Å². The summed E-state index contributed by atoms with van der Waals surface area (Å²) in [7, 11) is 2.70. The Bertz CT molecular complexity index is 831. The van der Waals surface area contributed by atoms with Gasteiger partial charge in [0, 0.05) is 6.08 Å².